The second-order valence-electron chi connectivity index (χ2n) is 4.19. The first-order valence-corrected chi connectivity index (χ1v) is 6.45. The number of methoxy groups -OCH3 is 1. The lowest BCUT2D eigenvalue weighted by molar-refractivity contribution is 0.0527. The predicted molar refractivity (Wildman–Crippen MR) is 76.4 cm³/mol. The van der Waals surface area contributed by atoms with Crippen LogP contribution in [0.2, 0.25) is 0 Å². The highest BCUT2D eigenvalue weighted by atomic mass is 16.5. The summed E-state index contributed by atoms with van der Waals surface area (Å²) in [7, 11) is 1.66. The average molecular weight is 266 g/mol. The van der Waals surface area contributed by atoms with E-state index in [0.29, 0.717) is 24.5 Å². The summed E-state index contributed by atoms with van der Waals surface area (Å²) in [6.45, 7) is 4.74. The number of para-hydroxylation sites is 1. The number of rotatable bonds is 7. The Kier molecular flexibility index (Phi) is 6.15. The van der Waals surface area contributed by atoms with E-state index in [2.05, 4.69) is 12.2 Å². The standard InChI is InChI=1S/C14H22N2O3/c1-4-10(9-18-3)16-12-8-6-7-11(13(12)15)14(17)19-5-2/h6-8,10,16H,4-5,9,15H2,1-3H3. The molecule has 1 aromatic rings. The number of carbonyl (C=O) groups is 1. The van der Waals surface area contributed by atoms with E-state index in [-0.39, 0.29) is 6.04 Å². The summed E-state index contributed by atoms with van der Waals surface area (Å²) in [6, 6.07) is 5.45. The second-order valence-corrected chi connectivity index (χ2v) is 4.19. The van der Waals surface area contributed by atoms with Crippen LogP contribution in [0.15, 0.2) is 18.2 Å². The van der Waals surface area contributed by atoms with Gasteiger partial charge in [0.25, 0.3) is 0 Å². The van der Waals surface area contributed by atoms with Gasteiger partial charge < -0.3 is 20.5 Å². The van der Waals surface area contributed by atoms with E-state index in [1.165, 1.54) is 0 Å². The van der Waals surface area contributed by atoms with Crippen molar-refractivity contribution in [2.24, 2.45) is 0 Å². The van der Waals surface area contributed by atoms with Crippen LogP contribution in [0, 0.1) is 0 Å². The molecular weight excluding hydrogens is 244 g/mol. The normalized spacial score (nSPS) is 11.9. The highest BCUT2D eigenvalue weighted by Gasteiger charge is 2.15. The molecule has 1 aromatic carbocycles. The van der Waals surface area contributed by atoms with Gasteiger partial charge in [-0.15, -0.1) is 0 Å². The van der Waals surface area contributed by atoms with Crippen LogP contribution in [0.5, 0.6) is 0 Å². The number of nitrogens with one attached hydrogen (secondary N) is 1. The van der Waals surface area contributed by atoms with Crippen molar-refractivity contribution in [3.8, 4) is 0 Å². The van der Waals surface area contributed by atoms with E-state index in [1.807, 2.05) is 6.07 Å². The molecule has 0 bridgehead atoms. The lowest BCUT2D eigenvalue weighted by atomic mass is 10.1. The SMILES string of the molecule is CCOC(=O)c1cccc(NC(CC)COC)c1N. The number of benzene rings is 1. The zero-order chi connectivity index (χ0) is 14.3. The van der Waals surface area contributed by atoms with Crippen LogP contribution < -0.4 is 11.1 Å². The number of nitrogens with two attached hydrogens (primary N) is 1. The summed E-state index contributed by atoms with van der Waals surface area (Å²) >= 11 is 0. The highest BCUT2D eigenvalue weighted by molar-refractivity contribution is 5.98. The first-order chi connectivity index (χ1) is 9.13. The van der Waals surface area contributed by atoms with Crippen molar-refractivity contribution >= 4 is 17.3 Å². The van der Waals surface area contributed by atoms with E-state index in [1.54, 1.807) is 26.2 Å². The Labute approximate surface area is 114 Å². The smallest absolute Gasteiger partial charge is 0.340 e. The maximum atomic E-state index is 11.7. The fourth-order valence-corrected chi connectivity index (χ4v) is 1.76. The second kappa shape index (κ2) is 7.63. The monoisotopic (exact) mass is 266 g/mol. The summed E-state index contributed by atoms with van der Waals surface area (Å²) < 4.78 is 10.1. The van der Waals surface area contributed by atoms with E-state index in [0.717, 1.165) is 12.1 Å². The maximum absolute atomic E-state index is 11.7. The maximum Gasteiger partial charge on any atom is 0.340 e. The Morgan fingerprint density at radius 2 is 2.16 bits per heavy atom. The molecule has 0 saturated carbocycles. The van der Waals surface area contributed by atoms with E-state index < -0.39 is 5.97 Å². The number of nitrogen functional groups attached to an aromatic ring is 1. The first-order valence-electron chi connectivity index (χ1n) is 6.45. The van der Waals surface area contributed by atoms with Crippen molar-refractivity contribution in [3.05, 3.63) is 23.8 Å². The fourth-order valence-electron chi connectivity index (χ4n) is 1.76. The predicted octanol–water partition coefficient (Wildman–Crippen LogP) is 2.28. The van der Waals surface area contributed by atoms with Gasteiger partial charge >= 0.3 is 5.97 Å². The molecule has 0 heterocycles. The van der Waals surface area contributed by atoms with Crippen LogP contribution in [0.1, 0.15) is 30.6 Å². The number of anilines is 2. The minimum Gasteiger partial charge on any atom is -0.462 e. The summed E-state index contributed by atoms with van der Waals surface area (Å²) in [4.78, 5) is 11.7. The molecule has 106 valence electrons. The van der Waals surface area contributed by atoms with Gasteiger partial charge in [0.2, 0.25) is 0 Å². The third-order valence-corrected chi connectivity index (χ3v) is 2.82. The molecule has 0 aromatic heterocycles. The molecule has 19 heavy (non-hydrogen) atoms. The van der Waals surface area contributed by atoms with Crippen LogP contribution in [0.3, 0.4) is 0 Å². The van der Waals surface area contributed by atoms with Crippen LogP contribution in [0.25, 0.3) is 0 Å². The molecule has 1 atom stereocenters. The van der Waals surface area contributed by atoms with E-state index in [4.69, 9.17) is 15.2 Å². The zero-order valence-corrected chi connectivity index (χ0v) is 11.7. The van der Waals surface area contributed by atoms with Gasteiger partial charge in [0.05, 0.1) is 30.2 Å². The molecule has 1 unspecified atom stereocenters. The Morgan fingerprint density at radius 1 is 1.42 bits per heavy atom. The number of esters is 1. The zero-order valence-electron chi connectivity index (χ0n) is 11.7. The van der Waals surface area contributed by atoms with Crippen LogP contribution in [-0.4, -0.2) is 32.3 Å². The summed E-state index contributed by atoms with van der Waals surface area (Å²) in [6.07, 6.45) is 0.900. The quantitative estimate of drug-likeness (QED) is 0.585. The molecule has 5 nitrogen and oxygen atoms in total. The molecule has 0 radical (unpaired) electrons. The van der Waals surface area contributed by atoms with Gasteiger partial charge in [-0.1, -0.05) is 13.0 Å². The van der Waals surface area contributed by atoms with Crippen LogP contribution in [-0.2, 0) is 9.47 Å². The number of hydrogen-bond donors (Lipinski definition) is 2. The van der Waals surface area contributed by atoms with Crippen LogP contribution in [0.4, 0.5) is 11.4 Å². The topological polar surface area (TPSA) is 73.6 Å². The van der Waals surface area contributed by atoms with Gasteiger partial charge in [-0.3, -0.25) is 0 Å². The molecule has 0 aliphatic heterocycles. The minimum absolute atomic E-state index is 0.157. The molecule has 0 spiro atoms. The van der Waals surface area contributed by atoms with Gasteiger partial charge in [0, 0.05) is 13.2 Å². The summed E-state index contributed by atoms with van der Waals surface area (Å²) in [5.74, 6) is -0.400. The number of hydrogen-bond acceptors (Lipinski definition) is 5. The van der Waals surface area contributed by atoms with E-state index >= 15 is 0 Å². The summed E-state index contributed by atoms with van der Waals surface area (Å²) in [5.41, 5.74) is 7.54. The average Bonchev–Trinajstić information content (AvgIpc) is 2.40. The molecule has 0 fully saturated rings. The van der Waals surface area contributed by atoms with Crippen molar-refractivity contribution in [1.82, 2.24) is 0 Å². The Morgan fingerprint density at radius 3 is 2.74 bits per heavy atom. The minimum atomic E-state index is -0.400. The highest BCUT2D eigenvalue weighted by Crippen LogP contribution is 2.24. The molecule has 0 aliphatic carbocycles. The summed E-state index contributed by atoms with van der Waals surface area (Å²) in [5, 5.41) is 3.28. The fraction of sp³-hybridized carbons (Fsp3) is 0.500. The third kappa shape index (κ3) is 4.13. The third-order valence-electron chi connectivity index (χ3n) is 2.82. The number of carbonyl (C=O) groups excluding carboxylic acids is 1. The first kappa shape index (κ1) is 15.3. The molecule has 0 amide bonds. The van der Waals surface area contributed by atoms with Crippen LogP contribution >= 0.6 is 0 Å². The molecule has 1 rings (SSSR count). The van der Waals surface area contributed by atoms with Crippen molar-refractivity contribution in [1.29, 1.82) is 0 Å². The van der Waals surface area contributed by atoms with Gasteiger partial charge in [-0.2, -0.15) is 0 Å². The lowest BCUT2D eigenvalue weighted by Crippen LogP contribution is -2.24. The Bertz CT molecular complexity index is 421. The molecule has 5 heteroatoms. The largest absolute Gasteiger partial charge is 0.462 e. The molecular formula is C14H22N2O3. The van der Waals surface area contributed by atoms with Gasteiger partial charge in [-0.05, 0) is 25.5 Å². The van der Waals surface area contributed by atoms with Crippen molar-refractivity contribution in [2.45, 2.75) is 26.3 Å². The van der Waals surface area contributed by atoms with E-state index in [9.17, 15) is 4.79 Å². The molecule has 3 N–H and O–H groups in total. The van der Waals surface area contributed by atoms with Gasteiger partial charge in [0.15, 0.2) is 0 Å². The number of ether oxygens (including phenoxy) is 2. The van der Waals surface area contributed by atoms with Crippen molar-refractivity contribution < 1.29 is 14.3 Å². The van der Waals surface area contributed by atoms with Crippen molar-refractivity contribution in [2.75, 3.05) is 31.4 Å². The Hall–Kier alpha value is -1.75. The lowest BCUT2D eigenvalue weighted by Gasteiger charge is -2.19. The Balaban J connectivity index is 2.90. The van der Waals surface area contributed by atoms with Gasteiger partial charge in [-0.25, -0.2) is 4.79 Å². The molecule has 0 saturated heterocycles. The van der Waals surface area contributed by atoms with Gasteiger partial charge in [0.1, 0.15) is 0 Å². The molecule has 0 aliphatic rings. The van der Waals surface area contributed by atoms with Crippen molar-refractivity contribution in [3.63, 3.8) is 0 Å².